The van der Waals surface area contributed by atoms with Crippen molar-refractivity contribution in [2.45, 2.75) is 45.1 Å². The van der Waals surface area contributed by atoms with Gasteiger partial charge >= 0.3 is 0 Å². The number of fused-ring (bicyclic) bond motifs is 1. The van der Waals surface area contributed by atoms with Crippen LogP contribution in [0.15, 0.2) is 41.5 Å². The van der Waals surface area contributed by atoms with Gasteiger partial charge < -0.3 is 14.5 Å². The molecule has 7 heteroatoms. The summed E-state index contributed by atoms with van der Waals surface area (Å²) in [4.78, 5) is 38.5. The van der Waals surface area contributed by atoms with Crippen LogP contribution in [-0.4, -0.2) is 43.4 Å². The van der Waals surface area contributed by atoms with Crippen molar-refractivity contribution in [3.05, 3.63) is 58.5 Å². The van der Waals surface area contributed by atoms with Crippen LogP contribution in [0, 0.1) is 0 Å². The Morgan fingerprint density at radius 1 is 1.25 bits per heavy atom. The van der Waals surface area contributed by atoms with Crippen LogP contribution in [0.4, 0.5) is 0 Å². The standard InChI is InChI=1S/C21H25N5O2/c1-2-25-14-11-22-20(25)15-9-12-26(13-10-15)19(27)8-7-18-21(28)24-17-6-4-3-5-16(17)23-18/h3-6,11,14-15H,2,7-10,12-13H2,1H3,(H,24,28). The van der Waals surface area contributed by atoms with E-state index in [2.05, 4.69) is 26.4 Å². The molecule has 1 amide bonds. The molecule has 146 valence electrons. The Kier molecular flexibility index (Phi) is 5.23. The second kappa shape index (κ2) is 7.96. The summed E-state index contributed by atoms with van der Waals surface area (Å²) in [6, 6.07) is 7.43. The van der Waals surface area contributed by atoms with E-state index >= 15 is 0 Å². The molecule has 0 spiro atoms. The van der Waals surface area contributed by atoms with Gasteiger partial charge in [-0.25, -0.2) is 9.97 Å². The van der Waals surface area contributed by atoms with Gasteiger partial charge in [-0.15, -0.1) is 0 Å². The lowest BCUT2D eigenvalue weighted by Gasteiger charge is -2.32. The van der Waals surface area contributed by atoms with Crippen LogP contribution in [0.2, 0.25) is 0 Å². The number of carbonyl (C=O) groups is 1. The summed E-state index contributed by atoms with van der Waals surface area (Å²) in [5, 5.41) is 0. The Labute approximate surface area is 163 Å². The maximum Gasteiger partial charge on any atom is 0.270 e. The molecule has 0 radical (unpaired) electrons. The van der Waals surface area contributed by atoms with Crippen LogP contribution in [-0.2, 0) is 17.8 Å². The number of likely N-dealkylation sites (tertiary alicyclic amines) is 1. The molecular weight excluding hydrogens is 354 g/mol. The molecule has 1 aliphatic heterocycles. The van der Waals surface area contributed by atoms with E-state index < -0.39 is 0 Å². The Bertz CT molecular complexity index is 1030. The molecule has 0 atom stereocenters. The monoisotopic (exact) mass is 379 g/mol. The molecule has 0 saturated carbocycles. The number of aromatic amines is 1. The quantitative estimate of drug-likeness (QED) is 0.738. The summed E-state index contributed by atoms with van der Waals surface area (Å²) in [5.74, 6) is 1.62. The fraction of sp³-hybridized carbons (Fsp3) is 0.429. The zero-order valence-electron chi connectivity index (χ0n) is 16.1. The number of aromatic nitrogens is 4. The maximum absolute atomic E-state index is 12.6. The number of nitrogens with zero attached hydrogens (tertiary/aromatic N) is 4. The number of rotatable bonds is 5. The highest BCUT2D eigenvalue weighted by Gasteiger charge is 2.26. The molecule has 7 nitrogen and oxygen atoms in total. The number of H-pyrrole nitrogens is 1. The molecule has 1 fully saturated rings. The van der Waals surface area contributed by atoms with Crippen LogP contribution in [0.25, 0.3) is 11.0 Å². The lowest BCUT2D eigenvalue weighted by atomic mass is 9.95. The van der Waals surface area contributed by atoms with Crippen LogP contribution in [0.5, 0.6) is 0 Å². The van der Waals surface area contributed by atoms with Gasteiger partial charge in [0.15, 0.2) is 0 Å². The number of benzene rings is 1. The van der Waals surface area contributed by atoms with Crippen LogP contribution in [0.1, 0.15) is 43.6 Å². The van der Waals surface area contributed by atoms with E-state index in [9.17, 15) is 9.59 Å². The number of aryl methyl sites for hydroxylation is 2. The van der Waals surface area contributed by atoms with E-state index in [0.717, 1.165) is 49.3 Å². The second-order valence-electron chi connectivity index (χ2n) is 7.26. The molecule has 1 saturated heterocycles. The molecular formula is C21H25N5O2. The van der Waals surface area contributed by atoms with Crippen molar-refractivity contribution in [2.75, 3.05) is 13.1 Å². The van der Waals surface area contributed by atoms with Crippen LogP contribution < -0.4 is 5.56 Å². The van der Waals surface area contributed by atoms with Crippen molar-refractivity contribution >= 4 is 16.9 Å². The third-order valence-electron chi connectivity index (χ3n) is 5.55. The highest BCUT2D eigenvalue weighted by atomic mass is 16.2. The molecule has 28 heavy (non-hydrogen) atoms. The highest BCUT2D eigenvalue weighted by molar-refractivity contribution is 5.77. The number of piperidine rings is 1. The summed E-state index contributed by atoms with van der Waals surface area (Å²) >= 11 is 0. The molecule has 4 rings (SSSR count). The van der Waals surface area contributed by atoms with E-state index in [1.165, 1.54) is 0 Å². The molecule has 1 aliphatic rings. The Hall–Kier alpha value is -2.96. The summed E-state index contributed by atoms with van der Waals surface area (Å²) < 4.78 is 2.18. The summed E-state index contributed by atoms with van der Waals surface area (Å²) in [5.41, 5.74) is 1.68. The SMILES string of the molecule is CCn1ccnc1C1CCN(C(=O)CCc2nc3ccccc3[nH]c2=O)CC1. The number of para-hydroxylation sites is 2. The number of hydrogen-bond acceptors (Lipinski definition) is 4. The third kappa shape index (κ3) is 3.69. The van der Waals surface area contributed by atoms with E-state index in [1.54, 1.807) is 0 Å². The van der Waals surface area contributed by atoms with Gasteiger partial charge in [-0.1, -0.05) is 12.1 Å². The first-order valence-electron chi connectivity index (χ1n) is 9.92. The predicted molar refractivity (Wildman–Crippen MR) is 107 cm³/mol. The predicted octanol–water partition coefficient (Wildman–Crippen LogP) is 2.48. The minimum Gasteiger partial charge on any atom is -0.343 e. The van der Waals surface area contributed by atoms with Crippen molar-refractivity contribution in [3.8, 4) is 0 Å². The van der Waals surface area contributed by atoms with Crippen molar-refractivity contribution in [2.24, 2.45) is 0 Å². The van der Waals surface area contributed by atoms with Crippen LogP contribution >= 0.6 is 0 Å². The molecule has 0 bridgehead atoms. The normalized spacial score (nSPS) is 15.2. The number of hydrogen-bond donors (Lipinski definition) is 1. The van der Waals surface area contributed by atoms with Gasteiger partial charge in [0.25, 0.3) is 5.56 Å². The smallest absolute Gasteiger partial charge is 0.270 e. The lowest BCUT2D eigenvalue weighted by molar-refractivity contribution is -0.132. The first-order valence-corrected chi connectivity index (χ1v) is 9.92. The average molecular weight is 379 g/mol. The average Bonchev–Trinajstić information content (AvgIpc) is 3.21. The Morgan fingerprint density at radius 2 is 2.04 bits per heavy atom. The maximum atomic E-state index is 12.6. The minimum absolute atomic E-state index is 0.0895. The van der Waals surface area contributed by atoms with Crippen molar-refractivity contribution in [1.29, 1.82) is 0 Å². The Morgan fingerprint density at radius 3 is 2.82 bits per heavy atom. The van der Waals surface area contributed by atoms with Gasteiger partial charge in [-0.05, 0) is 31.9 Å². The molecule has 1 N–H and O–H groups in total. The van der Waals surface area contributed by atoms with Crippen LogP contribution in [0.3, 0.4) is 0 Å². The minimum atomic E-state index is -0.211. The van der Waals surface area contributed by atoms with Gasteiger partial charge in [0.1, 0.15) is 11.5 Å². The van der Waals surface area contributed by atoms with Crippen molar-refractivity contribution in [3.63, 3.8) is 0 Å². The highest BCUT2D eigenvalue weighted by Crippen LogP contribution is 2.27. The van der Waals surface area contributed by atoms with E-state index in [1.807, 2.05) is 41.6 Å². The zero-order valence-corrected chi connectivity index (χ0v) is 16.1. The molecule has 2 aromatic heterocycles. The number of amides is 1. The van der Waals surface area contributed by atoms with Gasteiger partial charge in [-0.3, -0.25) is 9.59 Å². The molecule has 1 aromatic carbocycles. The number of imidazole rings is 1. The first kappa shape index (κ1) is 18.4. The van der Waals surface area contributed by atoms with Gasteiger partial charge in [0.2, 0.25) is 5.91 Å². The Balaban J connectivity index is 1.35. The second-order valence-corrected chi connectivity index (χ2v) is 7.26. The van der Waals surface area contributed by atoms with E-state index in [-0.39, 0.29) is 11.5 Å². The summed E-state index contributed by atoms with van der Waals surface area (Å²) in [7, 11) is 0. The van der Waals surface area contributed by atoms with Gasteiger partial charge in [-0.2, -0.15) is 0 Å². The summed E-state index contributed by atoms with van der Waals surface area (Å²) in [6.45, 7) is 4.51. The summed E-state index contributed by atoms with van der Waals surface area (Å²) in [6.07, 6.45) is 6.39. The molecule has 0 aliphatic carbocycles. The zero-order chi connectivity index (χ0) is 19.5. The van der Waals surface area contributed by atoms with E-state index in [0.29, 0.717) is 24.5 Å². The van der Waals surface area contributed by atoms with Crippen molar-refractivity contribution < 1.29 is 4.79 Å². The molecule has 3 aromatic rings. The largest absolute Gasteiger partial charge is 0.343 e. The first-order chi connectivity index (χ1) is 13.7. The number of carbonyl (C=O) groups excluding carboxylic acids is 1. The van der Waals surface area contributed by atoms with Crippen molar-refractivity contribution in [1.82, 2.24) is 24.4 Å². The number of nitrogens with one attached hydrogen (secondary N) is 1. The fourth-order valence-electron chi connectivity index (χ4n) is 3.96. The lowest BCUT2D eigenvalue weighted by Crippen LogP contribution is -2.38. The van der Waals surface area contributed by atoms with Gasteiger partial charge in [0, 0.05) is 50.8 Å². The topological polar surface area (TPSA) is 83.9 Å². The third-order valence-corrected chi connectivity index (χ3v) is 5.55. The van der Waals surface area contributed by atoms with Gasteiger partial charge in [0.05, 0.1) is 11.0 Å². The van der Waals surface area contributed by atoms with E-state index in [4.69, 9.17) is 0 Å². The fourth-order valence-corrected chi connectivity index (χ4v) is 3.96. The molecule has 3 heterocycles. The molecule has 0 unspecified atom stereocenters.